The molecule has 1 aliphatic rings. The standard InChI is InChI=1S/C25H18FN3O4/c26-18-6-3-5-16(11-18)13-28-14-17(20-8-1-2-9-22(20)28)12-21-23(30)27-25(32)29(24(21)31)15-19-7-4-10-33-19/h1-12,14H,13,15H2,(H,27,30,32)/b21-12+. The molecule has 0 unspecified atom stereocenters. The van der Waals surface area contributed by atoms with Gasteiger partial charge in [-0.25, -0.2) is 9.18 Å². The molecule has 1 fully saturated rings. The number of halogens is 1. The summed E-state index contributed by atoms with van der Waals surface area (Å²) in [5.41, 5.74) is 2.11. The van der Waals surface area contributed by atoms with Crippen LogP contribution in [0, 0.1) is 5.82 Å². The van der Waals surface area contributed by atoms with E-state index in [1.165, 1.54) is 24.5 Å². The van der Waals surface area contributed by atoms with Gasteiger partial charge in [0.05, 0.1) is 12.8 Å². The summed E-state index contributed by atoms with van der Waals surface area (Å²) in [5, 5.41) is 3.03. The number of amides is 4. The highest BCUT2D eigenvalue weighted by molar-refractivity contribution is 6.31. The van der Waals surface area contributed by atoms with Crippen LogP contribution in [0.5, 0.6) is 0 Å². The first-order chi connectivity index (χ1) is 16.0. The molecule has 7 nitrogen and oxygen atoms in total. The Hall–Kier alpha value is -4.46. The predicted octanol–water partition coefficient (Wildman–Crippen LogP) is 4.08. The highest BCUT2D eigenvalue weighted by Crippen LogP contribution is 2.26. The number of aromatic nitrogens is 1. The number of hydrogen-bond acceptors (Lipinski definition) is 4. The molecule has 33 heavy (non-hydrogen) atoms. The molecule has 0 saturated carbocycles. The third-order valence-electron chi connectivity index (χ3n) is 5.44. The van der Waals surface area contributed by atoms with Gasteiger partial charge in [-0.05, 0) is 42.0 Å². The van der Waals surface area contributed by atoms with Crippen molar-refractivity contribution in [3.05, 3.63) is 101 Å². The highest BCUT2D eigenvalue weighted by Gasteiger charge is 2.36. The second-order valence-corrected chi connectivity index (χ2v) is 7.65. The van der Waals surface area contributed by atoms with Crippen LogP contribution in [0.15, 0.2) is 83.1 Å². The summed E-state index contributed by atoms with van der Waals surface area (Å²) in [6.07, 6.45) is 4.72. The third-order valence-corrected chi connectivity index (χ3v) is 5.44. The van der Waals surface area contributed by atoms with Gasteiger partial charge in [-0.3, -0.25) is 19.8 Å². The zero-order valence-electron chi connectivity index (χ0n) is 17.3. The Kier molecular flexibility index (Phi) is 5.10. The largest absolute Gasteiger partial charge is 0.467 e. The van der Waals surface area contributed by atoms with E-state index in [0.717, 1.165) is 21.4 Å². The first kappa shape index (κ1) is 20.4. The molecule has 164 valence electrons. The lowest BCUT2D eigenvalue weighted by atomic mass is 10.1. The maximum atomic E-state index is 13.6. The maximum absolute atomic E-state index is 13.6. The van der Waals surface area contributed by atoms with Gasteiger partial charge in [0, 0.05) is 29.2 Å². The minimum absolute atomic E-state index is 0.0936. The molecule has 3 heterocycles. The second-order valence-electron chi connectivity index (χ2n) is 7.65. The lowest BCUT2D eigenvalue weighted by Gasteiger charge is -2.25. The van der Waals surface area contributed by atoms with Crippen molar-refractivity contribution < 1.29 is 23.2 Å². The van der Waals surface area contributed by atoms with Crippen LogP contribution < -0.4 is 5.32 Å². The van der Waals surface area contributed by atoms with Crippen molar-refractivity contribution in [3.8, 4) is 0 Å². The van der Waals surface area contributed by atoms with E-state index < -0.39 is 17.8 Å². The zero-order valence-corrected chi connectivity index (χ0v) is 17.3. The van der Waals surface area contributed by atoms with Crippen LogP contribution in [0.3, 0.4) is 0 Å². The van der Waals surface area contributed by atoms with E-state index in [0.29, 0.717) is 17.9 Å². The quantitative estimate of drug-likeness (QED) is 0.372. The van der Waals surface area contributed by atoms with Crippen molar-refractivity contribution in [1.29, 1.82) is 0 Å². The van der Waals surface area contributed by atoms with E-state index in [2.05, 4.69) is 5.32 Å². The smallest absolute Gasteiger partial charge is 0.331 e. The van der Waals surface area contributed by atoms with Crippen molar-refractivity contribution >= 4 is 34.8 Å². The van der Waals surface area contributed by atoms with Gasteiger partial charge in [0.15, 0.2) is 0 Å². The van der Waals surface area contributed by atoms with Crippen LogP contribution in [0.1, 0.15) is 16.9 Å². The molecule has 2 aromatic heterocycles. The first-order valence-corrected chi connectivity index (χ1v) is 10.2. The van der Waals surface area contributed by atoms with E-state index in [1.807, 2.05) is 34.9 Å². The summed E-state index contributed by atoms with van der Waals surface area (Å²) in [4.78, 5) is 38.7. The molecule has 0 bridgehead atoms. The van der Waals surface area contributed by atoms with Crippen molar-refractivity contribution in [2.24, 2.45) is 0 Å². The van der Waals surface area contributed by atoms with Crippen LogP contribution in [0.2, 0.25) is 0 Å². The first-order valence-electron chi connectivity index (χ1n) is 10.2. The summed E-state index contributed by atoms with van der Waals surface area (Å²) >= 11 is 0. The molecule has 0 spiro atoms. The SMILES string of the molecule is O=C1NC(=O)N(Cc2ccco2)C(=O)/C1=C/c1cn(Cc2cccc(F)c2)c2ccccc12. The molecular formula is C25H18FN3O4. The van der Waals surface area contributed by atoms with Crippen LogP contribution >= 0.6 is 0 Å². The Morgan fingerprint density at radius 2 is 1.82 bits per heavy atom. The number of para-hydroxylation sites is 1. The van der Waals surface area contributed by atoms with Crippen molar-refractivity contribution in [1.82, 2.24) is 14.8 Å². The van der Waals surface area contributed by atoms with E-state index in [4.69, 9.17) is 4.42 Å². The zero-order chi connectivity index (χ0) is 22.9. The fraction of sp³-hybridized carbons (Fsp3) is 0.0800. The summed E-state index contributed by atoms with van der Waals surface area (Å²) in [5.74, 6) is -1.37. The number of benzene rings is 2. The number of hydrogen-bond donors (Lipinski definition) is 1. The number of carbonyl (C=O) groups is 3. The van der Waals surface area contributed by atoms with Gasteiger partial charge < -0.3 is 8.98 Å². The predicted molar refractivity (Wildman–Crippen MR) is 118 cm³/mol. The summed E-state index contributed by atoms with van der Waals surface area (Å²) in [6.45, 7) is 0.314. The fourth-order valence-corrected chi connectivity index (χ4v) is 3.90. The van der Waals surface area contributed by atoms with Crippen LogP contribution in [-0.4, -0.2) is 27.3 Å². The molecular weight excluding hydrogens is 425 g/mol. The fourth-order valence-electron chi connectivity index (χ4n) is 3.90. The molecule has 5 rings (SSSR count). The number of nitrogens with zero attached hydrogens (tertiary/aromatic N) is 2. The van der Waals surface area contributed by atoms with E-state index in [9.17, 15) is 18.8 Å². The van der Waals surface area contributed by atoms with Gasteiger partial charge in [-0.1, -0.05) is 30.3 Å². The molecule has 1 N–H and O–H groups in total. The topological polar surface area (TPSA) is 84.6 Å². The molecule has 4 aromatic rings. The van der Waals surface area contributed by atoms with Crippen LogP contribution in [-0.2, 0) is 22.7 Å². The molecule has 4 amide bonds. The monoisotopic (exact) mass is 443 g/mol. The van der Waals surface area contributed by atoms with Gasteiger partial charge in [-0.2, -0.15) is 0 Å². The number of nitrogens with one attached hydrogen (secondary N) is 1. The number of carbonyl (C=O) groups excluding carboxylic acids is 3. The summed E-state index contributed by atoms with van der Waals surface area (Å²) < 4.78 is 20.8. The van der Waals surface area contributed by atoms with Crippen molar-refractivity contribution in [2.75, 3.05) is 0 Å². The van der Waals surface area contributed by atoms with E-state index in [1.54, 1.807) is 24.4 Å². The number of barbiturate groups is 1. The average Bonchev–Trinajstić information content (AvgIpc) is 3.43. The Balaban J connectivity index is 1.53. The third kappa shape index (κ3) is 3.94. The minimum atomic E-state index is -0.799. The van der Waals surface area contributed by atoms with Gasteiger partial charge >= 0.3 is 6.03 Å². The number of rotatable bonds is 5. The Morgan fingerprint density at radius 3 is 2.61 bits per heavy atom. The van der Waals surface area contributed by atoms with Gasteiger partial charge in [0.25, 0.3) is 11.8 Å². The van der Waals surface area contributed by atoms with Crippen LogP contribution in [0.25, 0.3) is 17.0 Å². The van der Waals surface area contributed by atoms with Gasteiger partial charge in [0.2, 0.25) is 0 Å². The average molecular weight is 443 g/mol. The van der Waals surface area contributed by atoms with Crippen molar-refractivity contribution in [2.45, 2.75) is 13.1 Å². The number of fused-ring (bicyclic) bond motifs is 1. The molecule has 8 heteroatoms. The second kappa shape index (κ2) is 8.23. The Labute approximate surface area is 187 Å². The molecule has 1 aliphatic heterocycles. The van der Waals surface area contributed by atoms with Crippen molar-refractivity contribution in [3.63, 3.8) is 0 Å². The summed E-state index contributed by atoms with van der Waals surface area (Å²) in [7, 11) is 0. The maximum Gasteiger partial charge on any atom is 0.331 e. The Morgan fingerprint density at radius 1 is 0.970 bits per heavy atom. The molecule has 0 atom stereocenters. The van der Waals surface area contributed by atoms with Gasteiger partial charge in [0.1, 0.15) is 17.2 Å². The van der Waals surface area contributed by atoms with Gasteiger partial charge in [-0.15, -0.1) is 0 Å². The highest BCUT2D eigenvalue weighted by atomic mass is 19.1. The number of imide groups is 2. The minimum Gasteiger partial charge on any atom is -0.467 e. The molecule has 0 radical (unpaired) electrons. The van der Waals surface area contributed by atoms with Crippen LogP contribution in [0.4, 0.5) is 9.18 Å². The Bertz CT molecular complexity index is 1420. The molecule has 1 saturated heterocycles. The number of urea groups is 1. The van der Waals surface area contributed by atoms with E-state index in [-0.39, 0.29) is 17.9 Å². The summed E-state index contributed by atoms with van der Waals surface area (Å²) in [6, 6.07) is 16.3. The normalized spacial score (nSPS) is 15.5. The lowest BCUT2D eigenvalue weighted by Crippen LogP contribution is -2.53. The molecule has 2 aromatic carbocycles. The lowest BCUT2D eigenvalue weighted by molar-refractivity contribution is -0.130. The molecule has 0 aliphatic carbocycles. The van der Waals surface area contributed by atoms with E-state index >= 15 is 0 Å². The number of furan rings is 1.